The van der Waals surface area contributed by atoms with Gasteiger partial charge in [0.1, 0.15) is 0 Å². The number of hydrogen-bond acceptors (Lipinski definition) is 4. The Morgan fingerprint density at radius 2 is 1.94 bits per heavy atom. The lowest BCUT2D eigenvalue weighted by Gasteiger charge is -2.16. The fourth-order valence-corrected chi connectivity index (χ4v) is 2.84. The molecule has 2 rings (SSSR count). The molecule has 1 aliphatic rings. The van der Waals surface area contributed by atoms with Gasteiger partial charge in [-0.2, -0.15) is 0 Å². The van der Waals surface area contributed by atoms with Crippen molar-refractivity contribution in [3.63, 3.8) is 0 Å². The number of thioether (sulfide) groups is 1. The zero-order valence-electron chi connectivity index (χ0n) is 10.9. The van der Waals surface area contributed by atoms with Crippen LogP contribution in [0.1, 0.15) is 26.7 Å². The molecule has 18 heavy (non-hydrogen) atoms. The Balaban J connectivity index is 1.96. The lowest BCUT2D eigenvalue weighted by atomic mass is 10.1. The summed E-state index contributed by atoms with van der Waals surface area (Å²) in [5.74, 6) is 2.56. The monoisotopic (exact) mass is 268 g/mol. The molecule has 0 amide bonds. The Labute approximate surface area is 112 Å². The third kappa shape index (κ3) is 4.10. The van der Waals surface area contributed by atoms with Crippen LogP contribution in [-0.4, -0.2) is 29.7 Å². The number of benzene rings is 1. The van der Waals surface area contributed by atoms with Gasteiger partial charge in [0, 0.05) is 17.1 Å². The molecule has 1 heterocycles. The SMILES string of the molecule is CC(C)(O)CCSc1ccc2c(c1)OCCCO2. The highest BCUT2D eigenvalue weighted by Gasteiger charge is 2.13. The molecule has 3 nitrogen and oxygen atoms in total. The van der Waals surface area contributed by atoms with E-state index in [1.54, 1.807) is 11.8 Å². The first-order valence-corrected chi connectivity index (χ1v) is 7.28. The van der Waals surface area contributed by atoms with Crippen molar-refractivity contribution >= 4 is 11.8 Å². The van der Waals surface area contributed by atoms with Crippen molar-refractivity contribution in [2.45, 2.75) is 37.2 Å². The first-order chi connectivity index (χ1) is 8.54. The van der Waals surface area contributed by atoms with Gasteiger partial charge < -0.3 is 14.6 Å². The van der Waals surface area contributed by atoms with Gasteiger partial charge in [-0.3, -0.25) is 0 Å². The second-order valence-electron chi connectivity index (χ2n) is 5.07. The fourth-order valence-electron chi connectivity index (χ4n) is 1.65. The molecule has 0 bridgehead atoms. The maximum Gasteiger partial charge on any atom is 0.162 e. The summed E-state index contributed by atoms with van der Waals surface area (Å²) in [6.45, 7) is 5.10. The van der Waals surface area contributed by atoms with Gasteiger partial charge in [0.05, 0.1) is 18.8 Å². The summed E-state index contributed by atoms with van der Waals surface area (Å²) in [5.41, 5.74) is -0.599. The third-order valence-corrected chi connectivity index (χ3v) is 3.70. The molecule has 0 fully saturated rings. The van der Waals surface area contributed by atoms with E-state index in [4.69, 9.17) is 9.47 Å². The maximum atomic E-state index is 9.67. The first kappa shape index (κ1) is 13.6. The fraction of sp³-hybridized carbons (Fsp3) is 0.571. The summed E-state index contributed by atoms with van der Waals surface area (Å²) in [6, 6.07) is 6.03. The Bertz CT molecular complexity index is 399. The Morgan fingerprint density at radius 1 is 1.22 bits per heavy atom. The van der Waals surface area contributed by atoms with Crippen LogP contribution in [0.15, 0.2) is 23.1 Å². The third-order valence-electron chi connectivity index (χ3n) is 2.70. The van der Waals surface area contributed by atoms with Gasteiger partial charge in [0.2, 0.25) is 0 Å². The maximum absolute atomic E-state index is 9.67. The van der Waals surface area contributed by atoms with Crippen molar-refractivity contribution in [2.24, 2.45) is 0 Å². The van der Waals surface area contributed by atoms with Gasteiger partial charge >= 0.3 is 0 Å². The van der Waals surface area contributed by atoms with Crippen LogP contribution in [0.4, 0.5) is 0 Å². The number of rotatable bonds is 4. The molecule has 1 aliphatic heterocycles. The molecule has 0 saturated carbocycles. The molecule has 0 unspecified atom stereocenters. The van der Waals surface area contributed by atoms with E-state index < -0.39 is 5.60 Å². The molecular weight excluding hydrogens is 248 g/mol. The van der Waals surface area contributed by atoms with E-state index in [-0.39, 0.29) is 0 Å². The normalized spacial score (nSPS) is 15.3. The van der Waals surface area contributed by atoms with Crippen molar-refractivity contribution < 1.29 is 14.6 Å². The average molecular weight is 268 g/mol. The van der Waals surface area contributed by atoms with E-state index in [9.17, 15) is 5.11 Å². The van der Waals surface area contributed by atoms with Gasteiger partial charge in [-0.05, 0) is 38.5 Å². The topological polar surface area (TPSA) is 38.7 Å². The Morgan fingerprint density at radius 3 is 2.67 bits per heavy atom. The van der Waals surface area contributed by atoms with E-state index in [0.29, 0.717) is 6.61 Å². The predicted molar refractivity (Wildman–Crippen MR) is 73.7 cm³/mol. The Hall–Kier alpha value is -0.870. The van der Waals surface area contributed by atoms with E-state index in [0.717, 1.165) is 41.6 Å². The lowest BCUT2D eigenvalue weighted by molar-refractivity contribution is 0.0778. The van der Waals surface area contributed by atoms with Crippen LogP contribution in [0.3, 0.4) is 0 Å². The standard InChI is InChI=1S/C14H20O3S/c1-14(2,15)6-9-18-11-4-5-12-13(10-11)17-8-3-7-16-12/h4-5,10,15H,3,6-9H2,1-2H3. The van der Waals surface area contributed by atoms with Crippen LogP contribution in [0.25, 0.3) is 0 Å². The van der Waals surface area contributed by atoms with Gasteiger partial charge in [-0.25, -0.2) is 0 Å². The zero-order valence-corrected chi connectivity index (χ0v) is 11.8. The smallest absolute Gasteiger partial charge is 0.162 e. The van der Waals surface area contributed by atoms with Crippen LogP contribution in [0, 0.1) is 0 Å². The van der Waals surface area contributed by atoms with Crippen LogP contribution in [0.2, 0.25) is 0 Å². The van der Waals surface area contributed by atoms with Gasteiger partial charge in [0.25, 0.3) is 0 Å². The molecule has 0 saturated heterocycles. The summed E-state index contributed by atoms with van der Waals surface area (Å²) in [6.07, 6.45) is 1.70. The van der Waals surface area contributed by atoms with E-state index >= 15 is 0 Å². The quantitative estimate of drug-likeness (QED) is 0.852. The molecule has 1 aromatic rings. The van der Waals surface area contributed by atoms with E-state index in [1.807, 2.05) is 32.0 Å². The second-order valence-corrected chi connectivity index (χ2v) is 6.24. The predicted octanol–water partition coefficient (Wildman–Crippen LogP) is 3.10. The van der Waals surface area contributed by atoms with Gasteiger partial charge in [-0.1, -0.05) is 0 Å². The van der Waals surface area contributed by atoms with E-state index in [2.05, 4.69) is 0 Å². The number of fused-ring (bicyclic) bond motifs is 1. The zero-order chi connectivity index (χ0) is 13.0. The molecule has 100 valence electrons. The van der Waals surface area contributed by atoms with E-state index in [1.165, 1.54) is 0 Å². The second kappa shape index (κ2) is 5.85. The molecule has 0 atom stereocenters. The average Bonchev–Trinajstić information content (AvgIpc) is 2.51. The highest BCUT2D eigenvalue weighted by Crippen LogP contribution is 2.34. The summed E-state index contributed by atoms with van der Waals surface area (Å²) in [4.78, 5) is 1.16. The van der Waals surface area contributed by atoms with Crippen molar-refractivity contribution in [2.75, 3.05) is 19.0 Å². The molecule has 0 aliphatic carbocycles. The molecule has 0 radical (unpaired) electrons. The summed E-state index contributed by atoms with van der Waals surface area (Å²) in [7, 11) is 0. The summed E-state index contributed by atoms with van der Waals surface area (Å²) >= 11 is 1.73. The first-order valence-electron chi connectivity index (χ1n) is 6.29. The van der Waals surface area contributed by atoms with Crippen molar-refractivity contribution in [3.8, 4) is 11.5 Å². The molecular formula is C14H20O3S. The minimum absolute atomic E-state index is 0.599. The highest BCUT2D eigenvalue weighted by atomic mass is 32.2. The minimum Gasteiger partial charge on any atom is -0.490 e. The van der Waals surface area contributed by atoms with Crippen LogP contribution in [0.5, 0.6) is 11.5 Å². The van der Waals surface area contributed by atoms with Gasteiger partial charge in [0.15, 0.2) is 11.5 Å². The molecule has 4 heteroatoms. The molecule has 1 aromatic carbocycles. The minimum atomic E-state index is -0.599. The molecule has 1 N–H and O–H groups in total. The molecule has 0 spiro atoms. The summed E-state index contributed by atoms with van der Waals surface area (Å²) in [5, 5.41) is 9.67. The summed E-state index contributed by atoms with van der Waals surface area (Å²) < 4.78 is 11.2. The largest absolute Gasteiger partial charge is 0.490 e. The van der Waals surface area contributed by atoms with Crippen molar-refractivity contribution in [3.05, 3.63) is 18.2 Å². The molecule has 0 aromatic heterocycles. The number of hydrogen-bond donors (Lipinski definition) is 1. The highest BCUT2D eigenvalue weighted by molar-refractivity contribution is 7.99. The van der Waals surface area contributed by atoms with Crippen LogP contribution < -0.4 is 9.47 Å². The van der Waals surface area contributed by atoms with Crippen LogP contribution in [-0.2, 0) is 0 Å². The Kier molecular flexibility index (Phi) is 4.40. The lowest BCUT2D eigenvalue weighted by Crippen LogP contribution is -2.18. The van der Waals surface area contributed by atoms with Crippen molar-refractivity contribution in [1.82, 2.24) is 0 Å². The van der Waals surface area contributed by atoms with Gasteiger partial charge in [-0.15, -0.1) is 11.8 Å². The number of aliphatic hydroxyl groups is 1. The van der Waals surface area contributed by atoms with Crippen LogP contribution >= 0.6 is 11.8 Å². The number of ether oxygens (including phenoxy) is 2. The van der Waals surface area contributed by atoms with Crippen molar-refractivity contribution in [1.29, 1.82) is 0 Å².